The molecule has 1 aromatic rings. The first-order valence-electron chi connectivity index (χ1n) is 9.13. The van der Waals surface area contributed by atoms with Crippen molar-refractivity contribution in [1.29, 1.82) is 0 Å². The van der Waals surface area contributed by atoms with E-state index in [1.165, 1.54) is 44.4 Å². The zero-order valence-electron chi connectivity index (χ0n) is 15.4. The number of nitrogens with zero attached hydrogens (tertiary/aromatic N) is 1. The number of carbonyl (C=O) groups is 1. The molecule has 0 spiro atoms. The summed E-state index contributed by atoms with van der Waals surface area (Å²) in [5.74, 6) is -1.27. The molecule has 1 unspecified atom stereocenters. The van der Waals surface area contributed by atoms with Gasteiger partial charge in [-0.2, -0.15) is 4.72 Å². The molecule has 8 heteroatoms. The fraction of sp³-hybridized carbons (Fsp3) is 0.611. The lowest BCUT2D eigenvalue weighted by atomic mass is 10.0. The fourth-order valence-corrected chi connectivity index (χ4v) is 4.59. The van der Waals surface area contributed by atoms with E-state index in [2.05, 4.69) is 21.9 Å². The molecule has 1 aliphatic rings. The summed E-state index contributed by atoms with van der Waals surface area (Å²) >= 11 is 0. The molecule has 1 aromatic carbocycles. The first-order chi connectivity index (χ1) is 12.3. The average Bonchev–Trinajstić information content (AvgIpc) is 2.61. The van der Waals surface area contributed by atoms with E-state index in [1.807, 2.05) is 0 Å². The van der Waals surface area contributed by atoms with Gasteiger partial charge >= 0.3 is 0 Å². The molecule has 1 fully saturated rings. The largest absolute Gasteiger partial charge is 0.353 e. The Labute approximate surface area is 155 Å². The number of carbonyl (C=O) groups excluding carboxylic acids is 1. The van der Waals surface area contributed by atoms with Crippen LogP contribution < -0.4 is 10.0 Å². The normalized spacial score (nSPS) is 19.9. The van der Waals surface area contributed by atoms with E-state index in [9.17, 15) is 17.6 Å². The zero-order valence-corrected chi connectivity index (χ0v) is 16.2. The second kappa shape index (κ2) is 9.43. The lowest BCUT2D eigenvalue weighted by Crippen LogP contribution is -2.48. The molecule has 6 nitrogen and oxygen atoms in total. The summed E-state index contributed by atoms with van der Waals surface area (Å²) in [5.41, 5.74) is 0. The van der Waals surface area contributed by atoms with Gasteiger partial charge in [0.25, 0.3) is 0 Å². The molecule has 1 aliphatic heterocycles. The summed E-state index contributed by atoms with van der Waals surface area (Å²) < 4.78 is 40.4. The molecule has 0 bridgehead atoms. The third-order valence-electron chi connectivity index (χ3n) is 4.77. The number of benzene rings is 1. The molecular formula is C18H28FN3O3S. The van der Waals surface area contributed by atoms with Crippen LogP contribution in [0, 0.1) is 5.82 Å². The molecule has 146 valence electrons. The Morgan fingerprint density at radius 1 is 1.35 bits per heavy atom. The predicted octanol–water partition coefficient (Wildman–Crippen LogP) is 1.87. The number of hydrogen-bond donors (Lipinski definition) is 2. The van der Waals surface area contributed by atoms with Crippen molar-refractivity contribution in [2.75, 3.05) is 19.6 Å². The Hall–Kier alpha value is -1.51. The van der Waals surface area contributed by atoms with Crippen LogP contribution in [0.2, 0.25) is 0 Å². The molecule has 0 aliphatic carbocycles. The van der Waals surface area contributed by atoms with Crippen LogP contribution in [0.15, 0.2) is 29.2 Å². The Morgan fingerprint density at radius 3 is 2.77 bits per heavy atom. The summed E-state index contributed by atoms with van der Waals surface area (Å²) in [5, 5.41) is 2.76. The number of rotatable bonds is 8. The lowest BCUT2D eigenvalue weighted by Gasteiger charge is -2.35. The third kappa shape index (κ3) is 5.49. The molecular weight excluding hydrogens is 357 g/mol. The number of amides is 1. The number of piperidine rings is 1. The Kier molecular flexibility index (Phi) is 7.55. The molecule has 1 heterocycles. The maximum absolute atomic E-state index is 13.7. The predicted molar refractivity (Wildman–Crippen MR) is 98.7 cm³/mol. The van der Waals surface area contributed by atoms with Crippen molar-refractivity contribution in [3.63, 3.8) is 0 Å². The van der Waals surface area contributed by atoms with Gasteiger partial charge in [0.1, 0.15) is 10.7 Å². The Bertz CT molecular complexity index is 711. The number of sulfonamides is 1. The first-order valence-corrected chi connectivity index (χ1v) is 10.6. The highest BCUT2D eigenvalue weighted by Crippen LogP contribution is 2.18. The summed E-state index contributed by atoms with van der Waals surface area (Å²) in [6.45, 7) is 5.85. The van der Waals surface area contributed by atoms with E-state index in [4.69, 9.17) is 0 Å². The standard InChI is InChI=1S/C18H28FN3O3S/c1-3-15-8-6-7-12-22(15)13-11-20-18(23)14(2)21-26(24,25)17-10-5-4-9-16(17)19/h4-5,9-10,14-15,21H,3,6-8,11-13H2,1-2H3,(H,20,23)/t14-,15?/m0/s1. The SMILES string of the molecule is CCC1CCCCN1CCNC(=O)[C@H](C)NS(=O)(=O)c1ccccc1F. The van der Waals surface area contributed by atoms with Crippen molar-refractivity contribution in [2.45, 2.75) is 56.5 Å². The van der Waals surface area contributed by atoms with E-state index >= 15 is 0 Å². The highest BCUT2D eigenvalue weighted by Gasteiger charge is 2.25. The number of likely N-dealkylation sites (tertiary alicyclic amines) is 1. The van der Waals surface area contributed by atoms with Gasteiger partial charge in [-0.25, -0.2) is 12.8 Å². The van der Waals surface area contributed by atoms with Gasteiger partial charge in [-0.3, -0.25) is 9.69 Å². The fourth-order valence-electron chi connectivity index (χ4n) is 3.30. The van der Waals surface area contributed by atoms with E-state index in [-0.39, 0.29) is 0 Å². The van der Waals surface area contributed by atoms with Gasteiger partial charge in [0, 0.05) is 19.1 Å². The van der Waals surface area contributed by atoms with Crippen LogP contribution in [0.25, 0.3) is 0 Å². The third-order valence-corrected chi connectivity index (χ3v) is 6.34. The second-order valence-electron chi connectivity index (χ2n) is 6.66. The summed E-state index contributed by atoms with van der Waals surface area (Å²) in [6, 6.07) is 4.66. The minimum absolute atomic E-state index is 0.421. The van der Waals surface area contributed by atoms with E-state index in [1.54, 1.807) is 0 Å². The van der Waals surface area contributed by atoms with E-state index in [0.29, 0.717) is 12.6 Å². The van der Waals surface area contributed by atoms with Crippen LogP contribution in [-0.4, -0.2) is 50.9 Å². The maximum Gasteiger partial charge on any atom is 0.244 e. The molecule has 1 amide bonds. The molecule has 26 heavy (non-hydrogen) atoms. The maximum atomic E-state index is 13.7. The van der Waals surface area contributed by atoms with Crippen LogP contribution in [0.3, 0.4) is 0 Å². The van der Waals surface area contributed by atoms with Crippen molar-refractivity contribution < 1.29 is 17.6 Å². The molecule has 2 rings (SSSR count). The number of hydrogen-bond acceptors (Lipinski definition) is 4. The van der Waals surface area contributed by atoms with Crippen molar-refractivity contribution >= 4 is 15.9 Å². The monoisotopic (exact) mass is 385 g/mol. The van der Waals surface area contributed by atoms with Gasteiger partial charge in [-0.1, -0.05) is 25.5 Å². The van der Waals surface area contributed by atoms with E-state index in [0.717, 1.165) is 25.6 Å². The molecule has 2 atom stereocenters. The summed E-state index contributed by atoms with van der Waals surface area (Å²) in [4.78, 5) is 14.1. The molecule has 0 radical (unpaired) electrons. The van der Waals surface area contributed by atoms with Gasteiger partial charge in [0.2, 0.25) is 15.9 Å². The van der Waals surface area contributed by atoms with Crippen LogP contribution in [0.4, 0.5) is 4.39 Å². The topological polar surface area (TPSA) is 78.5 Å². The molecule has 2 N–H and O–H groups in total. The second-order valence-corrected chi connectivity index (χ2v) is 8.34. The van der Waals surface area contributed by atoms with Crippen molar-refractivity contribution in [2.24, 2.45) is 0 Å². The smallest absolute Gasteiger partial charge is 0.244 e. The van der Waals surface area contributed by atoms with Crippen molar-refractivity contribution in [1.82, 2.24) is 14.9 Å². The minimum Gasteiger partial charge on any atom is -0.353 e. The van der Waals surface area contributed by atoms with Crippen molar-refractivity contribution in [3.8, 4) is 0 Å². The first kappa shape index (κ1) is 20.8. The minimum atomic E-state index is -4.09. The van der Waals surface area contributed by atoms with Crippen molar-refractivity contribution in [3.05, 3.63) is 30.1 Å². The van der Waals surface area contributed by atoms with Crippen LogP contribution >= 0.6 is 0 Å². The van der Waals surface area contributed by atoms with E-state index < -0.39 is 32.7 Å². The van der Waals surface area contributed by atoms with Crippen LogP contribution in [-0.2, 0) is 14.8 Å². The van der Waals surface area contributed by atoms with Crippen LogP contribution in [0.1, 0.15) is 39.5 Å². The lowest BCUT2D eigenvalue weighted by molar-refractivity contribution is -0.122. The van der Waals surface area contributed by atoms with Crippen LogP contribution in [0.5, 0.6) is 0 Å². The molecule has 1 saturated heterocycles. The summed E-state index contributed by atoms with van der Waals surface area (Å²) in [6.07, 6.45) is 4.69. The summed E-state index contributed by atoms with van der Waals surface area (Å²) in [7, 11) is -4.09. The number of halogens is 1. The molecule has 0 saturated carbocycles. The van der Waals surface area contributed by atoms with Gasteiger partial charge in [-0.15, -0.1) is 0 Å². The highest BCUT2D eigenvalue weighted by molar-refractivity contribution is 7.89. The quantitative estimate of drug-likeness (QED) is 0.716. The molecule has 0 aromatic heterocycles. The zero-order chi connectivity index (χ0) is 19.2. The van der Waals surface area contributed by atoms with Gasteiger partial charge < -0.3 is 5.32 Å². The number of nitrogens with one attached hydrogen (secondary N) is 2. The van der Waals surface area contributed by atoms with Gasteiger partial charge in [0.05, 0.1) is 6.04 Å². The Balaban J connectivity index is 1.84. The Morgan fingerprint density at radius 2 is 2.08 bits per heavy atom. The highest BCUT2D eigenvalue weighted by atomic mass is 32.2. The average molecular weight is 386 g/mol. The van der Waals surface area contributed by atoms with Gasteiger partial charge in [0.15, 0.2) is 0 Å². The van der Waals surface area contributed by atoms with Gasteiger partial charge in [-0.05, 0) is 44.9 Å².